The lowest BCUT2D eigenvalue weighted by Gasteiger charge is -2.32. The highest BCUT2D eigenvalue weighted by molar-refractivity contribution is 6.30. The molecule has 4 heterocycles. The topological polar surface area (TPSA) is 142 Å². The standard InChI is InChI=1S/C46H47ClN8O4/c1-52(2)40(34-21-23-35(47)24-22-34)44(56)54-25-7-11-38(54)42-48-27-36(50-42)31-17-13-29(14-18-31)30-15-19-32(20-16-30)37-28-49-43(51-37)39-12-8-26-55(39)45(57)41(53(3)46(58)59)33-9-5-4-6-10-33/h4-6,9-10,13-24,27-28,38-41H,7-8,11-12,25-26H2,1-3H3,(H,48,50)(H,49,51)(H,58,59)/t38-,39-,40?,41+/m0/s1. The summed E-state index contributed by atoms with van der Waals surface area (Å²) in [5.74, 6) is 1.26. The lowest BCUT2D eigenvalue weighted by molar-refractivity contribution is -0.138. The van der Waals surface area contributed by atoms with E-state index in [1.165, 1.54) is 7.05 Å². The Kier molecular flexibility index (Phi) is 11.4. The van der Waals surface area contributed by atoms with Crippen molar-refractivity contribution in [1.82, 2.24) is 39.5 Å². The number of carbonyl (C=O) groups excluding carboxylic acids is 2. The van der Waals surface area contributed by atoms with Gasteiger partial charge >= 0.3 is 6.09 Å². The number of amides is 3. The first-order valence-corrected chi connectivity index (χ1v) is 20.3. The Balaban J connectivity index is 0.933. The maximum Gasteiger partial charge on any atom is 0.407 e. The summed E-state index contributed by atoms with van der Waals surface area (Å²) >= 11 is 6.14. The van der Waals surface area contributed by atoms with Gasteiger partial charge in [0.2, 0.25) is 5.91 Å². The van der Waals surface area contributed by atoms with Crippen molar-refractivity contribution in [2.45, 2.75) is 49.9 Å². The summed E-state index contributed by atoms with van der Waals surface area (Å²) in [4.78, 5) is 63.1. The van der Waals surface area contributed by atoms with Crippen LogP contribution in [-0.4, -0.2) is 96.8 Å². The number of likely N-dealkylation sites (tertiary alicyclic amines) is 2. The summed E-state index contributed by atoms with van der Waals surface area (Å²) in [5.41, 5.74) is 7.35. The van der Waals surface area contributed by atoms with Crippen LogP contribution in [0.1, 0.15) is 72.6 Å². The van der Waals surface area contributed by atoms with Crippen LogP contribution in [0.15, 0.2) is 116 Å². The first-order chi connectivity index (χ1) is 28.6. The fourth-order valence-corrected chi connectivity index (χ4v) is 8.64. The first kappa shape index (κ1) is 39.6. The molecule has 3 amide bonds. The molecule has 12 nitrogen and oxygen atoms in total. The molecule has 59 heavy (non-hydrogen) atoms. The van der Waals surface area contributed by atoms with E-state index in [2.05, 4.69) is 58.5 Å². The lowest BCUT2D eigenvalue weighted by atomic mass is 10.0. The number of rotatable bonds is 11. The zero-order valence-corrected chi connectivity index (χ0v) is 34.0. The smallest absolute Gasteiger partial charge is 0.407 e. The van der Waals surface area contributed by atoms with Crippen molar-refractivity contribution in [2.75, 3.05) is 34.2 Å². The van der Waals surface area contributed by atoms with Crippen molar-refractivity contribution in [3.63, 3.8) is 0 Å². The normalized spacial score (nSPS) is 17.6. The van der Waals surface area contributed by atoms with Gasteiger partial charge in [-0.25, -0.2) is 14.8 Å². The molecule has 0 radical (unpaired) electrons. The zero-order valence-electron chi connectivity index (χ0n) is 33.3. The second kappa shape index (κ2) is 16.9. The fraction of sp³-hybridized carbons (Fsp3) is 0.283. The summed E-state index contributed by atoms with van der Waals surface area (Å²) in [6.07, 6.45) is 5.74. The molecule has 8 rings (SSSR count). The highest BCUT2D eigenvalue weighted by Gasteiger charge is 2.40. The molecular formula is C46H47ClN8O4. The average Bonchev–Trinajstić information content (AvgIpc) is 4.09. The molecule has 0 bridgehead atoms. The van der Waals surface area contributed by atoms with E-state index in [1.807, 2.05) is 72.6 Å². The molecule has 6 aromatic rings. The Morgan fingerprint density at radius 1 is 0.644 bits per heavy atom. The molecule has 4 atom stereocenters. The van der Waals surface area contributed by atoms with Gasteiger partial charge in [0.15, 0.2) is 0 Å². The Bertz CT molecular complexity index is 2410. The summed E-state index contributed by atoms with van der Waals surface area (Å²) < 4.78 is 0. The number of nitrogens with one attached hydrogen (secondary N) is 2. The number of carboxylic acid groups (broad SMARTS) is 1. The van der Waals surface area contributed by atoms with Gasteiger partial charge in [-0.1, -0.05) is 103 Å². The van der Waals surface area contributed by atoms with E-state index in [0.717, 1.165) is 75.6 Å². The molecule has 0 aliphatic carbocycles. The number of nitrogens with zero attached hydrogens (tertiary/aromatic N) is 6. The second-order valence-electron chi connectivity index (χ2n) is 15.5. The molecule has 2 aliphatic rings. The van der Waals surface area contributed by atoms with Gasteiger partial charge in [-0.15, -0.1) is 0 Å². The number of halogens is 1. The number of hydrogen-bond donors (Lipinski definition) is 3. The van der Waals surface area contributed by atoms with E-state index in [9.17, 15) is 19.5 Å². The lowest BCUT2D eigenvalue weighted by Crippen LogP contribution is -2.43. The van der Waals surface area contributed by atoms with E-state index in [4.69, 9.17) is 21.6 Å². The molecule has 302 valence electrons. The Labute approximate surface area is 348 Å². The van der Waals surface area contributed by atoms with Crippen LogP contribution in [0, 0.1) is 0 Å². The number of H-pyrrole nitrogens is 2. The molecule has 3 N–H and O–H groups in total. The number of hydrogen-bond acceptors (Lipinski definition) is 6. The van der Waals surface area contributed by atoms with Crippen LogP contribution in [-0.2, 0) is 9.59 Å². The summed E-state index contributed by atoms with van der Waals surface area (Å²) in [6.45, 7) is 1.20. The van der Waals surface area contributed by atoms with Crippen molar-refractivity contribution in [3.05, 3.63) is 143 Å². The Hall–Kier alpha value is -6.24. The van der Waals surface area contributed by atoms with E-state index in [-0.39, 0.29) is 23.9 Å². The van der Waals surface area contributed by atoms with Gasteiger partial charge in [0.05, 0.1) is 35.9 Å². The first-order valence-electron chi connectivity index (χ1n) is 19.9. The number of benzene rings is 4. The molecule has 2 saturated heterocycles. The average molecular weight is 811 g/mol. The monoisotopic (exact) mass is 810 g/mol. The molecule has 13 heteroatoms. The van der Waals surface area contributed by atoms with Gasteiger partial charge in [0, 0.05) is 25.2 Å². The van der Waals surface area contributed by atoms with Crippen LogP contribution in [0.25, 0.3) is 33.6 Å². The molecule has 1 unspecified atom stereocenters. The molecule has 0 spiro atoms. The van der Waals surface area contributed by atoms with Crippen molar-refractivity contribution < 1.29 is 19.5 Å². The maximum absolute atomic E-state index is 14.0. The second-order valence-corrected chi connectivity index (χ2v) is 16.0. The van der Waals surface area contributed by atoms with Gasteiger partial charge in [-0.2, -0.15) is 0 Å². The largest absolute Gasteiger partial charge is 0.465 e. The quantitative estimate of drug-likeness (QED) is 0.119. The van der Waals surface area contributed by atoms with Crippen molar-refractivity contribution in [2.24, 2.45) is 0 Å². The van der Waals surface area contributed by atoms with Crippen LogP contribution < -0.4 is 0 Å². The van der Waals surface area contributed by atoms with E-state index in [0.29, 0.717) is 29.5 Å². The van der Waals surface area contributed by atoms with Crippen molar-refractivity contribution in [3.8, 4) is 33.6 Å². The maximum atomic E-state index is 14.0. The summed E-state index contributed by atoms with van der Waals surface area (Å²) in [6, 6.07) is 31.3. The third-order valence-electron chi connectivity index (χ3n) is 11.6. The molecular weight excluding hydrogens is 764 g/mol. The number of aromatic nitrogens is 4. The highest BCUT2D eigenvalue weighted by atomic mass is 35.5. The Morgan fingerprint density at radius 2 is 1.08 bits per heavy atom. The van der Waals surface area contributed by atoms with Crippen LogP contribution in [0.3, 0.4) is 0 Å². The minimum absolute atomic E-state index is 0.0495. The molecule has 2 aromatic heterocycles. The van der Waals surface area contributed by atoms with E-state index < -0.39 is 18.2 Å². The fourth-order valence-electron chi connectivity index (χ4n) is 8.52. The minimum Gasteiger partial charge on any atom is -0.465 e. The molecule has 0 saturated carbocycles. The zero-order chi connectivity index (χ0) is 41.2. The van der Waals surface area contributed by atoms with Crippen LogP contribution in [0.4, 0.5) is 4.79 Å². The van der Waals surface area contributed by atoms with Crippen molar-refractivity contribution >= 4 is 29.5 Å². The van der Waals surface area contributed by atoms with Crippen LogP contribution in [0.2, 0.25) is 5.02 Å². The third-order valence-corrected chi connectivity index (χ3v) is 11.8. The van der Waals surface area contributed by atoms with Gasteiger partial charge in [-0.05, 0) is 85.3 Å². The predicted octanol–water partition coefficient (Wildman–Crippen LogP) is 8.77. The third kappa shape index (κ3) is 8.10. The van der Waals surface area contributed by atoms with E-state index in [1.54, 1.807) is 23.2 Å². The molecule has 2 aliphatic heterocycles. The van der Waals surface area contributed by atoms with Gasteiger partial charge in [0.25, 0.3) is 5.91 Å². The number of carbonyl (C=O) groups is 3. The number of likely N-dealkylation sites (N-methyl/N-ethyl adjacent to an activating group) is 2. The summed E-state index contributed by atoms with van der Waals surface area (Å²) in [7, 11) is 5.28. The Morgan fingerprint density at radius 3 is 1.54 bits per heavy atom. The van der Waals surface area contributed by atoms with Gasteiger partial charge in [-0.3, -0.25) is 19.4 Å². The molecule has 2 fully saturated rings. The number of imidazole rings is 2. The minimum atomic E-state index is -1.17. The van der Waals surface area contributed by atoms with E-state index >= 15 is 0 Å². The predicted molar refractivity (Wildman–Crippen MR) is 227 cm³/mol. The SMILES string of the molecule is CN(C)C(C(=O)N1CCC[C@H]1c1ncc(-c2ccc(-c3ccc(-c4cnc([C@@H]5CCCN5C(=O)[C@@H](c5ccccc5)N(C)C(=O)O)[nH]4)cc3)cc2)[nH]1)c1ccc(Cl)cc1. The summed E-state index contributed by atoms with van der Waals surface area (Å²) in [5, 5.41) is 10.4. The van der Waals surface area contributed by atoms with Gasteiger partial charge < -0.3 is 24.9 Å². The van der Waals surface area contributed by atoms with Crippen LogP contribution >= 0.6 is 11.6 Å². The number of aromatic amines is 2. The van der Waals surface area contributed by atoms with Crippen LogP contribution in [0.5, 0.6) is 0 Å². The van der Waals surface area contributed by atoms with Gasteiger partial charge in [0.1, 0.15) is 23.7 Å². The van der Waals surface area contributed by atoms with Crippen molar-refractivity contribution in [1.29, 1.82) is 0 Å². The molecule has 4 aromatic carbocycles. The highest BCUT2D eigenvalue weighted by Crippen LogP contribution is 2.37.